The summed E-state index contributed by atoms with van der Waals surface area (Å²) in [6.45, 7) is 6.85. The van der Waals surface area contributed by atoms with Crippen LogP contribution in [0.2, 0.25) is 0 Å². The summed E-state index contributed by atoms with van der Waals surface area (Å²) in [5, 5.41) is 0. The molecule has 0 amide bonds. The van der Waals surface area contributed by atoms with E-state index in [2.05, 4.69) is 20.8 Å². The van der Waals surface area contributed by atoms with Gasteiger partial charge >= 0.3 is 0 Å². The van der Waals surface area contributed by atoms with Crippen molar-refractivity contribution in [3.05, 3.63) is 0 Å². The van der Waals surface area contributed by atoms with Crippen LogP contribution in [0, 0.1) is 23.2 Å². The Labute approximate surface area is 74.5 Å². The SMILES string of the molecule is CC1CCC(=O)C2CC1C2(C)C. The van der Waals surface area contributed by atoms with Crippen LogP contribution in [-0.2, 0) is 4.79 Å². The molecule has 0 aliphatic heterocycles. The first-order chi connectivity index (χ1) is 5.53. The summed E-state index contributed by atoms with van der Waals surface area (Å²) < 4.78 is 0. The number of ketones is 1. The van der Waals surface area contributed by atoms with E-state index < -0.39 is 0 Å². The summed E-state index contributed by atoms with van der Waals surface area (Å²) in [5.41, 5.74) is 0.312. The van der Waals surface area contributed by atoms with Crippen molar-refractivity contribution >= 4 is 5.78 Å². The lowest BCUT2D eigenvalue weighted by Crippen LogP contribution is -2.48. The van der Waals surface area contributed by atoms with Gasteiger partial charge in [0, 0.05) is 12.3 Å². The molecule has 3 fully saturated rings. The quantitative estimate of drug-likeness (QED) is 0.540. The molecule has 12 heavy (non-hydrogen) atoms. The molecule has 3 aliphatic rings. The van der Waals surface area contributed by atoms with Crippen LogP contribution >= 0.6 is 0 Å². The first kappa shape index (κ1) is 8.28. The van der Waals surface area contributed by atoms with Crippen LogP contribution in [0.5, 0.6) is 0 Å². The van der Waals surface area contributed by atoms with Gasteiger partial charge in [-0.25, -0.2) is 0 Å². The highest BCUT2D eigenvalue weighted by atomic mass is 16.1. The normalized spacial score (nSPS) is 44.9. The first-order valence-electron chi connectivity index (χ1n) is 5.06. The zero-order chi connectivity index (χ0) is 8.93. The molecule has 0 spiro atoms. The standard InChI is InChI=1S/C11H18O/c1-7-4-5-10(12)9-6-8(7)11(9,2)3/h7-9H,4-6H2,1-3H3. The van der Waals surface area contributed by atoms with Crippen LogP contribution in [0.15, 0.2) is 0 Å². The molecule has 3 unspecified atom stereocenters. The molecule has 0 aromatic heterocycles. The van der Waals surface area contributed by atoms with Gasteiger partial charge in [-0.3, -0.25) is 4.79 Å². The maximum Gasteiger partial charge on any atom is 0.136 e. The monoisotopic (exact) mass is 166 g/mol. The zero-order valence-corrected chi connectivity index (χ0v) is 8.26. The maximum atomic E-state index is 11.6. The predicted molar refractivity (Wildman–Crippen MR) is 48.8 cm³/mol. The van der Waals surface area contributed by atoms with E-state index in [-0.39, 0.29) is 0 Å². The lowest BCUT2D eigenvalue weighted by Gasteiger charge is -2.52. The summed E-state index contributed by atoms with van der Waals surface area (Å²) in [7, 11) is 0. The van der Waals surface area contributed by atoms with E-state index >= 15 is 0 Å². The van der Waals surface area contributed by atoms with Gasteiger partial charge in [-0.1, -0.05) is 20.8 Å². The Morgan fingerprint density at radius 3 is 2.67 bits per heavy atom. The van der Waals surface area contributed by atoms with E-state index in [0.29, 0.717) is 17.1 Å². The number of Topliss-reactive ketones (excluding diaryl/α,β-unsaturated/α-hetero) is 1. The van der Waals surface area contributed by atoms with Gasteiger partial charge in [-0.05, 0) is 30.1 Å². The Kier molecular flexibility index (Phi) is 1.61. The highest BCUT2D eigenvalue weighted by molar-refractivity contribution is 5.83. The molecule has 1 heteroatoms. The van der Waals surface area contributed by atoms with E-state index in [1.165, 1.54) is 6.42 Å². The van der Waals surface area contributed by atoms with Crippen molar-refractivity contribution in [1.82, 2.24) is 0 Å². The Morgan fingerprint density at radius 2 is 2.08 bits per heavy atom. The summed E-state index contributed by atoms with van der Waals surface area (Å²) in [6.07, 6.45) is 3.14. The van der Waals surface area contributed by atoms with Gasteiger partial charge in [0.2, 0.25) is 0 Å². The maximum absolute atomic E-state index is 11.6. The molecule has 3 aliphatic carbocycles. The predicted octanol–water partition coefficient (Wildman–Crippen LogP) is 2.65. The summed E-state index contributed by atoms with van der Waals surface area (Å²) in [4.78, 5) is 11.6. The molecule has 3 atom stereocenters. The average Bonchev–Trinajstić information content (AvgIpc) is 2.16. The fourth-order valence-corrected chi connectivity index (χ4v) is 3.22. The van der Waals surface area contributed by atoms with Crippen molar-refractivity contribution in [3.63, 3.8) is 0 Å². The minimum absolute atomic E-state index is 0.312. The number of carbonyl (C=O) groups is 1. The number of hydrogen-bond acceptors (Lipinski definition) is 1. The molecule has 3 rings (SSSR count). The molecule has 0 radical (unpaired) electrons. The minimum Gasteiger partial charge on any atom is -0.299 e. The Bertz CT molecular complexity index is 217. The molecule has 0 saturated heterocycles. The van der Waals surface area contributed by atoms with Gasteiger partial charge in [0.25, 0.3) is 0 Å². The van der Waals surface area contributed by atoms with Crippen LogP contribution in [0.4, 0.5) is 0 Å². The Morgan fingerprint density at radius 1 is 1.42 bits per heavy atom. The molecular weight excluding hydrogens is 148 g/mol. The lowest BCUT2D eigenvalue weighted by molar-refractivity contribution is -0.136. The first-order valence-corrected chi connectivity index (χ1v) is 5.06. The third-order valence-corrected chi connectivity index (χ3v) is 4.27. The van der Waals surface area contributed by atoms with Crippen LogP contribution in [0.1, 0.15) is 40.0 Å². The summed E-state index contributed by atoms with van der Waals surface area (Å²) in [5.74, 6) is 2.50. The number of hydrogen-bond donors (Lipinski definition) is 0. The third kappa shape index (κ3) is 0.884. The van der Waals surface area contributed by atoms with Crippen LogP contribution in [0.25, 0.3) is 0 Å². The summed E-state index contributed by atoms with van der Waals surface area (Å²) in [6, 6.07) is 0. The van der Waals surface area contributed by atoms with Crippen molar-refractivity contribution in [3.8, 4) is 0 Å². The molecule has 68 valence electrons. The number of carbonyl (C=O) groups excluding carboxylic acids is 1. The van der Waals surface area contributed by atoms with E-state index in [0.717, 1.165) is 24.7 Å². The van der Waals surface area contributed by atoms with Gasteiger partial charge in [-0.2, -0.15) is 0 Å². The van der Waals surface area contributed by atoms with Crippen LogP contribution in [-0.4, -0.2) is 5.78 Å². The van der Waals surface area contributed by atoms with E-state index in [1.807, 2.05) is 0 Å². The smallest absolute Gasteiger partial charge is 0.136 e. The second kappa shape index (κ2) is 2.34. The second-order valence-electron chi connectivity index (χ2n) is 5.20. The second-order valence-corrected chi connectivity index (χ2v) is 5.20. The van der Waals surface area contributed by atoms with Gasteiger partial charge in [0.15, 0.2) is 0 Å². The van der Waals surface area contributed by atoms with Gasteiger partial charge < -0.3 is 0 Å². The topological polar surface area (TPSA) is 17.1 Å². The molecule has 3 saturated carbocycles. The van der Waals surface area contributed by atoms with Crippen molar-refractivity contribution in [1.29, 1.82) is 0 Å². The molecular formula is C11H18O. The zero-order valence-electron chi connectivity index (χ0n) is 8.26. The largest absolute Gasteiger partial charge is 0.299 e. The number of rotatable bonds is 0. The van der Waals surface area contributed by atoms with Crippen LogP contribution in [0.3, 0.4) is 0 Å². The summed E-state index contributed by atoms with van der Waals surface area (Å²) >= 11 is 0. The molecule has 0 heterocycles. The van der Waals surface area contributed by atoms with Gasteiger partial charge in [0.05, 0.1) is 0 Å². The van der Waals surface area contributed by atoms with Crippen molar-refractivity contribution < 1.29 is 4.79 Å². The highest BCUT2D eigenvalue weighted by Crippen LogP contribution is 2.58. The van der Waals surface area contributed by atoms with E-state index in [9.17, 15) is 4.79 Å². The highest BCUT2D eigenvalue weighted by Gasteiger charge is 2.54. The van der Waals surface area contributed by atoms with Crippen LogP contribution < -0.4 is 0 Å². The van der Waals surface area contributed by atoms with Crippen molar-refractivity contribution in [2.75, 3.05) is 0 Å². The molecule has 2 bridgehead atoms. The fourth-order valence-electron chi connectivity index (χ4n) is 3.22. The van der Waals surface area contributed by atoms with Crippen molar-refractivity contribution in [2.24, 2.45) is 23.2 Å². The van der Waals surface area contributed by atoms with Crippen molar-refractivity contribution in [2.45, 2.75) is 40.0 Å². The Hall–Kier alpha value is -0.330. The Balaban J connectivity index is 2.26. The molecule has 1 nitrogen and oxygen atoms in total. The lowest BCUT2D eigenvalue weighted by atomic mass is 9.52. The third-order valence-electron chi connectivity index (χ3n) is 4.27. The fraction of sp³-hybridized carbons (Fsp3) is 0.909. The molecule has 0 N–H and O–H groups in total. The molecule has 0 aromatic carbocycles. The van der Waals surface area contributed by atoms with E-state index in [4.69, 9.17) is 0 Å². The minimum atomic E-state index is 0.312. The van der Waals surface area contributed by atoms with Gasteiger partial charge in [0.1, 0.15) is 5.78 Å². The molecule has 0 aromatic rings. The number of fused-ring (bicyclic) bond motifs is 3. The average molecular weight is 166 g/mol. The van der Waals surface area contributed by atoms with E-state index in [1.54, 1.807) is 0 Å². The van der Waals surface area contributed by atoms with Gasteiger partial charge in [-0.15, -0.1) is 0 Å².